The zero-order valence-electron chi connectivity index (χ0n) is 12.7. The smallest absolute Gasteiger partial charge is 0.351 e. The molecule has 22 heavy (non-hydrogen) atoms. The maximum absolute atomic E-state index is 12.5. The quantitative estimate of drug-likeness (QED) is 0.917. The molecule has 0 radical (unpaired) electrons. The Morgan fingerprint density at radius 3 is 2.82 bits per heavy atom. The number of fused-ring (bicyclic) bond motifs is 1. The van der Waals surface area contributed by atoms with E-state index in [0.29, 0.717) is 11.6 Å². The normalized spacial score (nSPS) is 25.5. The average molecular weight is 300 g/mol. The second-order valence-electron chi connectivity index (χ2n) is 6.32. The van der Waals surface area contributed by atoms with E-state index in [1.807, 2.05) is 19.1 Å². The van der Waals surface area contributed by atoms with Crippen LogP contribution >= 0.6 is 0 Å². The Labute approximate surface area is 128 Å². The first-order valence-corrected chi connectivity index (χ1v) is 7.95. The van der Waals surface area contributed by atoms with E-state index in [1.165, 1.54) is 12.8 Å². The number of aromatic nitrogens is 3. The van der Waals surface area contributed by atoms with Crippen molar-refractivity contribution < 1.29 is 4.74 Å². The van der Waals surface area contributed by atoms with Crippen LogP contribution in [0.5, 0.6) is 0 Å². The lowest BCUT2D eigenvalue weighted by atomic mass is 10.0. The third kappa shape index (κ3) is 2.18. The van der Waals surface area contributed by atoms with Crippen molar-refractivity contribution in [2.24, 2.45) is 0 Å². The lowest BCUT2D eigenvalue weighted by Gasteiger charge is -2.31. The molecule has 3 heterocycles. The van der Waals surface area contributed by atoms with Gasteiger partial charge in [0.15, 0.2) is 0 Å². The Morgan fingerprint density at radius 1 is 1.27 bits per heavy atom. The molecule has 1 saturated heterocycles. The summed E-state index contributed by atoms with van der Waals surface area (Å²) in [6.07, 6.45) is 4.16. The number of ether oxygens (including phenoxy) is 1. The van der Waals surface area contributed by atoms with Crippen LogP contribution in [0.15, 0.2) is 16.9 Å². The lowest BCUT2D eigenvalue weighted by molar-refractivity contribution is -0.00914. The minimum atomic E-state index is -0.326. The average Bonchev–Trinajstić information content (AvgIpc) is 3.33. The molecule has 2 atom stereocenters. The number of nitrogen functional groups attached to an aromatic ring is 1. The SMILES string of the molecule is C[C@@H]1OCCC[C@@H]1n1c(=O)nc(N)c2ccc(C3CC3)nc21. The van der Waals surface area contributed by atoms with Crippen LogP contribution in [0.2, 0.25) is 0 Å². The van der Waals surface area contributed by atoms with Gasteiger partial charge < -0.3 is 10.5 Å². The highest BCUT2D eigenvalue weighted by atomic mass is 16.5. The van der Waals surface area contributed by atoms with E-state index in [-0.39, 0.29) is 23.7 Å². The van der Waals surface area contributed by atoms with Gasteiger partial charge >= 0.3 is 5.69 Å². The Bertz CT molecular complexity index is 782. The van der Waals surface area contributed by atoms with Crippen LogP contribution in [0.3, 0.4) is 0 Å². The van der Waals surface area contributed by atoms with Crippen LogP contribution in [0.25, 0.3) is 11.0 Å². The summed E-state index contributed by atoms with van der Waals surface area (Å²) in [5.41, 5.74) is 7.32. The number of hydrogen-bond donors (Lipinski definition) is 1. The number of rotatable bonds is 2. The third-order valence-corrected chi connectivity index (χ3v) is 4.72. The second-order valence-corrected chi connectivity index (χ2v) is 6.32. The zero-order valence-corrected chi connectivity index (χ0v) is 12.7. The molecule has 1 aliphatic carbocycles. The highest BCUT2D eigenvalue weighted by Gasteiger charge is 2.29. The van der Waals surface area contributed by atoms with Gasteiger partial charge in [-0.2, -0.15) is 4.98 Å². The van der Waals surface area contributed by atoms with Gasteiger partial charge in [-0.15, -0.1) is 0 Å². The molecular weight excluding hydrogens is 280 g/mol. The van der Waals surface area contributed by atoms with Crippen molar-refractivity contribution in [2.75, 3.05) is 12.3 Å². The molecule has 4 rings (SSSR count). The van der Waals surface area contributed by atoms with E-state index in [0.717, 1.165) is 30.5 Å². The topological polar surface area (TPSA) is 83.0 Å². The van der Waals surface area contributed by atoms with Gasteiger partial charge in [-0.3, -0.25) is 4.57 Å². The molecule has 6 nitrogen and oxygen atoms in total. The summed E-state index contributed by atoms with van der Waals surface area (Å²) >= 11 is 0. The van der Waals surface area contributed by atoms with Gasteiger partial charge in [0, 0.05) is 18.2 Å². The fourth-order valence-electron chi connectivity index (χ4n) is 3.31. The van der Waals surface area contributed by atoms with E-state index in [9.17, 15) is 4.79 Å². The first-order valence-electron chi connectivity index (χ1n) is 7.95. The number of nitrogens with two attached hydrogens (primary N) is 1. The molecule has 0 amide bonds. The predicted molar refractivity (Wildman–Crippen MR) is 83.9 cm³/mol. The zero-order chi connectivity index (χ0) is 15.3. The largest absolute Gasteiger partial charge is 0.383 e. The monoisotopic (exact) mass is 300 g/mol. The summed E-state index contributed by atoms with van der Waals surface area (Å²) < 4.78 is 7.42. The van der Waals surface area contributed by atoms with Gasteiger partial charge in [-0.05, 0) is 44.7 Å². The number of hydrogen-bond acceptors (Lipinski definition) is 5. The molecule has 1 aliphatic heterocycles. The van der Waals surface area contributed by atoms with Crippen LogP contribution in [-0.4, -0.2) is 27.2 Å². The Balaban J connectivity index is 1.94. The maximum atomic E-state index is 12.5. The van der Waals surface area contributed by atoms with Crippen molar-refractivity contribution in [1.29, 1.82) is 0 Å². The first kappa shape index (κ1) is 13.7. The molecule has 1 saturated carbocycles. The van der Waals surface area contributed by atoms with E-state index in [1.54, 1.807) is 4.57 Å². The molecule has 2 aromatic heterocycles. The van der Waals surface area contributed by atoms with Crippen LogP contribution in [-0.2, 0) is 4.74 Å². The van der Waals surface area contributed by atoms with Gasteiger partial charge in [-0.1, -0.05) is 0 Å². The van der Waals surface area contributed by atoms with Gasteiger partial charge in [0.25, 0.3) is 0 Å². The molecule has 6 heteroatoms. The molecule has 2 aromatic rings. The van der Waals surface area contributed by atoms with Crippen LogP contribution < -0.4 is 11.4 Å². The Kier molecular flexibility index (Phi) is 3.14. The summed E-state index contributed by atoms with van der Waals surface area (Å²) in [6, 6.07) is 3.93. The number of pyridine rings is 1. The highest BCUT2D eigenvalue weighted by molar-refractivity contribution is 5.85. The van der Waals surface area contributed by atoms with Crippen molar-refractivity contribution in [3.8, 4) is 0 Å². The van der Waals surface area contributed by atoms with Gasteiger partial charge in [0.05, 0.1) is 17.5 Å². The van der Waals surface area contributed by atoms with E-state index in [2.05, 4.69) is 4.98 Å². The third-order valence-electron chi connectivity index (χ3n) is 4.72. The van der Waals surface area contributed by atoms with Crippen LogP contribution in [0, 0.1) is 0 Å². The van der Waals surface area contributed by atoms with Crippen molar-refractivity contribution >= 4 is 16.9 Å². The van der Waals surface area contributed by atoms with Crippen LogP contribution in [0.1, 0.15) is 50.3 Å². The summed E-state index contributed by atoms with van der Waals surface area (Å²) in [6.45, 7) is 2.75. The first-order chi connectivity index (χ1) is 10.6. The molecule has 2 aliphatic rings. The van der Waals surface area contributed by atoms with Crippen molar-refractivity contribution in [3.05, 3.63) is 28.3 Å². The minimum absolute atomic E-state index is 0.0218. The molecule has 0 spiro atoms. The molecule has 0 unspecified atom stereocenters. The molecule has 116 valence electrons. The number of nitrogens with zero attached hydrogens (tertiary/aromatic N) is 3. The molecular formula is C16H20N4O2. The van der Waals surface area contributed by atoms with E-state index >= 15 is 0 Å². The van der Waals surface area contributed by atoms with Crippen molar-refractivity contribution in [3.63, 3.8) is 0 Å². The lowest BCUT2D eigenvalue weighted by Crippen LogP contribution is -2.37. The highest BCUT2D eigenvalue weighted by Crippen LogP contribution is 2.39. The van der Waals surface area contributed by atoms with Crippen molar-refractivity contribution in [2.45, 2.75) is 50.7 Å². The van der Waals surface area contributed by atoms with E-state index in [4.69, 9.17) is 15.5 Å². The summed E-state index contributed by atoms with van der Waals surface area (Å²) in [5.74, 6) is 0.790. The van der Waals surface area contributed by atoms with Gasteiger partial charge in [0.1, 0.15) is 11.5 Å². The minimum Gasteiger partial charge on any atom is -0.383 e. The summed E-state index contributed by atoms with van der Waals surface area (Å²) in [5, 5.41) is 0.752. The molecule has 0 bridgehead atoms. The van der Waals surface area contributed by atoms with E-state index < -0.39 is 0 Å². The van der Waals surface area contributed by atoms with Gasteiger partial charge in [-0.25, -0.2) is 9.78 Å². The predicted octanol–water partition coefficient (Wildman–Crippen LogP) is 1.99. The Hall–Kier alpha value is -1.95. The summed E-state index contributed by atoms with van der Waals surface area (Å²) in [4.78, 5) is 21.2. The second kappa shape index (κ2) is 5.05. The van der Waals surface area contributed by atoms with Crippen LogP contribution in [0.4, 0.5) is 5.82 Å². The van der Waals surface area contributed by atoms with Crippen molar-refractivity contribution in [1.82, 2.24) is 14.5 Å². The maximum Gasteiger partial charge on any atom is 0.351 e. The Morgan fingerprint density at radius 2 is 2.09 bits per heavy atom. The molecule has 0 aromatic carbocycles. The standard InChI is InChI=1S/C16H20N4O2/c1-9-13(3-2-8-22-9)20-15-11(14(17)19-16(20)21)6-7-12(18-15)10-4-5-10/h6-7,9-10,13H,2-5,8H2,1H3,(H2,17,19,21)/t9-,13-/m0/s1. The fourth-order valence-corrected chi connectivity index (χ4v) is 3.31. The molecule has 2 fully saturated rings. The molecule has 2 N–H and O–H groups in total. The fraction of sp³-hybridized carbons (Fsp3) is 0.562. The van der Waals surface area contributed by atoms with Gasteiger partial charge in [0.2, 0.25) is 0 Å². The summed E-state index contributed by atoms with van der Waals surface area (Å²) in [7, 11) is 0. The number of anilines is 1.